The van der Waals surface area contributed by atoms with E-state index in [1.54, 1.807) is 22.0 Å². The third kappa shape index (κ3) is 5.15. The summed E-state index contributed by atoms with van der Waals surface area (Å²) in [5, 5.41) is 0. The predicted octanol–water partition coefficient (Wildman–Crippen LogP) is 5.65. The smallest absolute Gasteiger partial charge is 0.278 e. The van der Waals surface area contributed by atoms with E-state index in [4.69, 9.17) is 9.98 Å². The minimum absolute atomic E-state index is 0.201. The molecule has 2 aliphatic heterocycles. The van der Waals surface area contributed by atoms with E-state index in [1.807, 2.05) is 121 Å². The second-order valence-corrected chi connectivity index (χ2v) is 9.40. The first kappa shape index (κ1) is 24.9. The topological polar surface area (TPSA) is 65.3 Å². The maximum Gasteiger partial charge on any atom is 0.278 e. The number of hydrogen-bond donors (Lipinski definition) is 0. The second-order valence-electron chi connectivity index (χ2n) is 9.40. The highest BCUT2D eigenvalue weighted by molar-refractivity contribution is 6.21. The molecule has 6 rings (SSSR count). The van der Waals surface area contributed by atoms with Crippen molar-refractivity contribution < 1.29 is 9.59 Å². The molecule has 2 amide bonds. The van der Waals surface area contributed by atoms with E-state index in [1.165, 1.54) is 0 Å². The van der Waals surface area contributed by atoms with Gasteiger partial charge in [-0.05, 0) is 23.3 Å². The van der Waals surface area contributed by atoms with Gasteiger partial charge in [0.2, 0.25) is 0 Å². The summed E-state index contributed by atoms with van der Waals surface area (Å²) < 4.78 is 0. The maximum atomic E-state index is 13.6. The van der Waals surface area contributed by atoms with Crippen molar-refractivity contribution in [3.8, 4) is 0 Å². The van der Waals surface area contributed by atoms with Crippen LogP contribution in [0.4, 0.5) is 0 Å². The lowest BCUT2D eigenvalue weighted by atomic mass is 10.1. The lowest BCUT2D eigenvalue weighted by molar-refractivity contribution is -0.125. The Morgan fingerprint density at radius 2 is 0.800 bits per heavy atom. The molecule has 0 unspecified atom stereocenters. The third-order valence-corrected chi connectivity index (χ3v) is 6.71. The van der Waals surface area contributed by atoms with Gasteiger partial charge in [-0.3, -0.25) is 19.4 Å². The lowest BCUT2D eigenvalue weighted by Crippen LogP contribution is -2.42. The molecule has 0 N–H and O–H groups in total. The van der Waals surface area contributed by atoms with Crippen LogP contribution in [0, 0.1) is 0 Å². The van der Waals surface area contributed by atoms with Crippen LogP contribution in [0.5, 0.6) is 0 Å². The quantitative estimate of drug-likeness (QED) is 0.295. The highest BCUT2D eigenvalue weighted by atomic mass is 16.2. The molecular weight excluding hydrogens is 496 g/mol. The van der Waals surface area contributed by atoms with Gasteiger partial charge in [-0.1, -0.05) is 121 Å². The van der Waals surface area contributed by atoms with E-state index in [-0.39, 0.29) is 24.9 Å². The molecule has 2 aliphatic rings. The molecule has 0 bridgehead atoms. The number of carbonyl (C=O) groups is 2. The van der Waals surface area contributed by atoms with E-state index in [9.17, 15) is 9.59 Å². The average molecular weight is 523 g/mol. The van der Waals surface area contributed by atoms with E-state index in [0.29, 0.717) is 23.1 Å². The van der Waals surface area contributed by atoms with Crippen LogP contribution < -0.4 is 0 Å². The Bertz CT molecular complexity index is 1530. The Balaban J connectivity index is 1.31. The molecule has 0 spiro atoms. The Hall–Kier alpha value is -5.36. The van der Waals surface area contributed by atoms with Crippen LogP contribution in [0.25, 0.3) is 12.2 Å². The molecule has 0 fully saturated rings. The van der Waals surface area contributed by atoms with Crippen LogP contribution in [0.3, 0.4) is 0 Å². The van der Waals surface area contributed by atoms with E-state index >= 15 is 0 Å². The third-order valence-electron chi connectivity index (χ3n) is 6.71. The van der Waals surface area contributed by atoms with Crippen LogP contribution in [-0.4, -0.2) is 46.4 Å². The van der Waals surface area contributed by atoms with Crippen LogP contribution >= 0.6 is 0 Å². The maximum absolute atomic E-state index is 13.6. The zero-order chi connectivity index (χ0) is 27.3. The van der Waals surface area contributed by atoms with Crippen LogP contribution in [0.1, 0.15) is 22.3 Å². The zero-order valence-corrected chi connectivity index (χ0v) is 21.7. The lowest BCUT2D eigenvalue weighted by Gasteiger charge is -2.23. The van der Waals surface area contributed by atoms with Gasteiger partial charge in [0.15, 0.2) is 0 Å². The van der Waals surface area contributed by atoms with Crippen molar-refractivity contribution in [1.29, 1.82) is 0 Å². The summed E-state index contributed by atoms with van der Waals surface area (Å²) in [6.45, 7) is 0.518. The fraction of sp³-hybridized carbons (Fsp3) is 0.0588. The number of nitrogens with zero attached hydrogens (tertiary/aromatic N) is 4. The molecule has 0 saturated carbocycles. The molecule has 4 aromatic rings. The molecule has 0 aromatic heterocycles. The van der Waals surface area contributed by atoms with Crippen LogP contribution in [0.2, 0.25) is 0 Å². The minimum Gasteiger partial charge on any atom is -0.289 e. The first-order valence-corrected chi connectivity index (χ1v) is 13.1. The highest BCUT2D eigenvalue weighted by Crippen LogP contribution is 2.25. The van der Waals surface area contributed by atoms with E-state index in [2.05, 4.69) is 0 Å². The minimum atomic E-state index is -0.201. The van der Waals surface area contributed by atoms with Gasteiger partial charge < -0.3 is 0 Å². The molecule has 0 aliphatic carbocycles. The molecular formula is C34H26N4O2. The summed E-state index contributed by atoms with van der Waals surface area (Å²) in [6, 6.07) is 38.6. The molecule has 0 radical (unpaired) electrons. The summed E-state index contributed by atoms with van der Waals surface area (Å²) >= 11 is 0. The van der Waals surface area contributed by atoms with Crippen molar-refractivity contribution in [2.45, 2.75) is 0 Å². The number of hydrogen-bond acceptors (Lipinski definition) is 4. The van der Waals surface area contributed by atoms with Crippen molar-refractivity contribution in [3.05, 3.63) is 155 Å². The normalized spacial score (nSPS) is 17.1. The number of amides is 2. The van der Waals surface area contributed by atoms with Crippen LogP contribution in [0.15, 0.2) is 143 Å². The first-order chi connectivity index (χ1) is 19.7. The number of carbonyl (C=O) groups excluding carboxylic acids is 2. The summed E-state index contributed by atoms with van der Waals surface area (Å²) in [5.74, 6) is 0.732. The van der Waals surface area contributed by atoms with E-state index in [0.717, 1.165) is 22.3 Å². The Morgan fingerprint density at radius 1 is 0.475 bits per heavy atom. The molecule has 0 atom stereocenters. The first-order valence-electron chi connectivity index (χ1n) is 13.1. The predicted molar refractivity (Wildman–Crippen MR) is 158 cm³/mol. The Labute approximate surface area is 232 Å². The van der Waals surface area contributed by atoms with Gasteiger partial charge >= 0.3 is 0 Å². The molecule has 2 heterocycles. The summed E-state index contributed by atoms with van der Waals surface area (Å²) in [7, 11) is 0. The number of benzene rings is 4. The van der Waals surface area contributed by atoms with Gasteiger partial charge in [0.1, 0.15) is 23.1 Å². The molecule has 6 heteroatoms. The zero-order valence-electron chi connectivity index (χ0n) is 21.7. The second kappa shape index (κ2) is 11.2. The molecule has 40 heavy (non-hydrogen) atoms. The van der Waals surface area contributed by atoms with Crippen molar-refractivity contribution in [3.63, 3.8) is 0 Å². The van der Waals surface area contributed by atoms with Crippen molar-refractivity contribution in [2.75, 3.05) is 13.1 Å². The van der Waals surface area contributed by atoms with Gasteiger partial charge in [0.05, 0.1) is 0 Å². The van der Waals surface area contributed by atoms with E-state index < -0.39 is 0 Å². The van der Waals surface area contributed by atoms with Crippen molar-refractivity contribution in [1.82, 2.24) is 9.80 Å². The molecule has 6 nitrogen and oxygen atoms in total. The number of rotatable bonds is 7. The van der Waals surface area contributed by atoms with Gasteiger partial charge in [-0.25, -0.2) is 9.98 Å². The molecule has 0 saturated heterocycles. The average Bonchev–Trinajstić information content (AvgIpc) is 3.49. The van der Waals surface area contributed by atoms with Crippen molar-refractivity contribution in [2.24, 2.45) is 9.98 Å². The SMILES string of the molecule is O=C1/C(=C/c2ccccc2)N=C(c2ccccc2)N1CCN1C(=O)/C(=C\c2ccccc2)N=C1c1ccccc1. The Morgan fingerprint density at radius 3 is 1.15 bits per heavy atom. The largest absolute Gasteiger partial charge is 0.289 e. The number of aliphatic imine (C=N–C) groups is 2. The summed E-state index contributed by atoms with van der Waals surface area (Å²) in [4.78, 5) is 40.0. The van der Waals surface area contributed by atoms with Gasteiger partial charge in [-0.2, -0.15) is 0 Å². The van der Waals surface area contributed by atoms with Crippen LogP contribution in [-0.2, 0) is 9.59 Å². The fourth-order valence-corrected chi connectivity index (χ4v) is 4.75. The monoisotopic (exact) mass is 522 g/mol. The van der Waals surface area contributed by atoms with Crippen molar-refractivity contribution >= 4 is 35.6 Å². The standard InChI is InChI=1S/C34H26N4O2/c39-33-29(23-25-13-5-1-6-14-25)35-31(27-17-9-3-10-18-27)37(33)21-22-38-32(28-19-11-4-12-20-28)36-30(34(38)40)24-26-15-7-2-8-16-26/h1-20,23-24H,21-22H2/b29-23-,30-24+. The highest BCUT2D eigenvalue weighted by Gasteiger charge is 2.35. The molecule has 194 valence electrons. The van der Waals surface area contributed by atoms with Gasteiger partial charge in [-0.15, -0.1) is 0 Å². The van der Waals surface area contributed by atoms with Gasteiger partial charge in [0.25, 0.3) is 11.8 Å². The summed E-state index contributed by atoms with van der Waals surface area (Å²) in [6.07, 6.45) is 3.59. The summed E-state index contributed by atoms with van der Waals surface area (Å²) in [5.41, 5.74) is 4.18. The van der Waals surface area contributed by atoms with Gasteiger partial charge in [0, 0.05) is 24.2 Å². The number of amidine groups is 2. The molecule has 4 aromatic carbocycles. The fourth-order valence-electron chi connectivity index (χ4n) is 4.75. The Kier molecular flexibility index (Phi) is 6.97.